The number of carbonyl (C=O) groups excluding carboxylic acids is 1. The molecule has 1 heterocycles. The molecule has 0 spiro atoms. The lowest BCUT2D eigenvalue weighted by molar-refractivity contribution is 0.0593. The lowest BCUT2D eigenvalue weighted by atomic mass is 10.1. The van der Waals surface area contributed by atoms with Gasteiger partial charge in [0.15, 0.2) is 11.5 Å². The van der Waals surface area contributed by atoms with Crippen LogP contribution in [0.3, 0.4) is 0 Å². The van der Waals surface area contributed by atoms with E-state index < -0.39 is 11.8 Å². The maximum atomic E-state index is 14.0. The van der Waals surface area contributed by atoms with E-state index in [-0.39, 0.29) is 17.3 Å². The molecule has 0 aliphatic carbocycles. The summed E-state index contributed by atoms with van der Waals surface area (Å²) in [4.78, 5) is 15.6. The molecule has 20 heavy (non-hydrogen) atoms. The number of benzene rings is 1. The number of esters is 1. The van der Waals surface area contributed by atoms with Crippen LogP contribution in [0.25, 0.3) is 10.9 Å². The predicted molar refractivity (Wildman–Crippen MR) is 76.5 cm³/mol. The van der Waals surface area contributed by atoms with E-state index in [0.29, 0.717) is 15.6 Å². The minimum Gasteiger partial charge on any atom is -0.490 e. The Hall–Kier alpha value is -1.69. The van der Waals surface area contributed by atoms with Gasteiger partial charge in [0.1, 0.15) is 11.3 Å². The van der Waals surface area contributed by atoms with Crippen LogP contribution in [0.15, 0.2) is 22.7 Å². The molecule has 0 saturated carbocycles. The highest BCUT2D eigenvalue weighted by Gasteiger charge is 2.17. The van der Waals surface area contributed by atoms with Crippen LogP contribution in [0.2, 0.25) is 0 Å². The molecule has 0 radical (unpaired) electrons. The molecule has 0 N–H and O–H groups in total. The fourth-order valence-electron chi connectivity index (χ4n) is 1.78. The Balaban J connectivity index is 2.74. The van der Waals surface area contributed by atoms with Crippen molar-refractivity contribution in [2.45, 2.75) is 20.0 Å². The fourth-order valence-corrected chi connectivity index (χ4v) is 2.21. The highest BCUT2D eigenvalue weighted by molar-refractivity contribution is 9.10. The first kappa shape index (κ1) is 14.7. The van der Waals surface area contributed by atoms with Gasteiger partial charge in [0.25, 0.3) is 0 Å². The van der Waals surface area contributed by atoms with Gasteiger partial charge in [-0.25, -0.2) is 14.2 Å². The van der Waals surface area contributed by atoms with Crippen molar-refractivity contribution in [1.29, 1.82) is 0 Å². The number of ether oxygens (including phenoxy) is 2. The first-order chi connectivity index (χ1) is 9.42. The second-order valence-electron chi connectivity index (χ2n) is 4.45. The normalized spacial score (nSPS) is 10.9. The zero-order chi connectivity index (χ0) is 14.9. The highest BCUT2D eigenvalue weighted by Crippen LogP contribution is 2.31. The van der Waals surface area contributed by atoms with Gasteiger partial charge >= 0.3 is 5.97 Å². The number of rotatable bonds is 3. The molecule has 0 atom stereocenters. The maximum Gasteiger partial charge on any atom is 0.356 e. The maximum absolute atomic E-state index is 14.0. The lowest BCUT2D eigenvalue weighted by Crippen LogP contribution is -2.10. The first-order valence-corrected chi connectivity index (χ1v) is 6.76. The van der Waals surface area contributed by atoms with Crippen LogP contribution in [-0.2, 0) is 4.74 Å². The molecular weight excluding hydrogens is 329 g/mol. The molecule has 4 nitrogen and oxygen atoms in total. The summed E-state index contributed by atoms with van der Waals surface area (Å²) in [6.07, 6.45) is -0.117. The quantitative estimate of drug-likeness (QED) is 0.798. The minimum absolute atomic E-state index is 0.0110. The number of halogens is 2. The van der Waals surface area contributed by atoms with Crippen LogP contribution in [0.5, 0.6) is 5.75 Å². The summed E-state index contributed by atoms with van der Waals surface area (Å²) in [5.41, 5.74) is 0.0867. The van der Waals surface area contributed by atoms with Crippen molar-refractivity contribution in [3.63, 3.8) is 0 Å². The Morgan fingerprint density at radius 1 is 1.35 bits per heavy atom. The smallest absolute Gasteiger partial charge is 0.356 e. The first-order valence-electron chi connectivity index (χ1n) is 5.97. The summed E-state index contributed by atoms with van der Waals surface area (Å²) in [5.74, 6) is -0.776. The van der Waals surface area contributed by atoms with Crippen LogP contribution in [-0.4, -0.2) is 24.2 Å². The van der Waals surface area contributed by atoms with Gasteiger partial charge in [-0.05, 0) is 26.0 Å². The Kier molecular flexibility index (Phi) is 4.23. The van der Waals surface area contributed by atoms with E-state index in [1.54, 1.807) is 6.07 Å². The monoisotopic (exact) mass is 341 g/mol. The Bertz CT molecular complexity index is 673. The van der Waals surface area contributed by atoms with E-state index in [0.717, 1.165) is 0 Å². The zero-order valence-corrected chi connectivity index (χ0v) is 12.8. The van der Waals surface area contributed by atoms with Crippen LogP contribution in [0, 0.1) is 5.82 Å². The molecule has 1 aromatic carbocycles. The van der Waals surface area contributed by atoms with Crippen LogP contribution < -0.4 is 4.74 Å². The van der Waals surface area contributed by atoms with E-state index in [4.69, 9.17) is 4.74 Å². The Morgan fingerprint density at radius 2 is 2.05 bits per heavy atom. The lowest BCUT2D eigenvalue weighted by Gasteiger charge is -2.14. The molecule has 0 aliphatic rings. The molecule has 106 valence electrons. The summed E-state index contributed by atoms with van der Waals surface area (Å²) >= 11 is 3.23. The summed E-state index contributed by atoms with van der Waals surface area (Å²) in [7, 11) is 1.25. The van der Waals surface area contributed by atoms with Crippen LogP contribution >= 0.6 is 15.9 Å². The van der Waals surface area contributed by atoms with Crippen molar-refractivity contribution in [3.05, 3.63) is 34.2 Å². The van der Waals surface area contributed by atoms with Gasteiger partial charge in [-0.1, -0.05) is 15.9 Å². The van der Waals surface area contributed by atoms with Gasteiger partial charge in [-0.3, -0.25) is 0 Å². The summed E-state index contributed by atoms with van der Waals surface area (Å²) in [6, 6.07) is 4.44. The number of carbonyl (C=O) groups is 1. The molecule has 0 unspecified atom stereocenters. The van der Waals surface area contributed by atoms with Gasteiger partial charge in [-0.2, -0.15) is 0 Å². The van der Waals surface area contributed by atoms with E-state index in [1.165, 1.54) is 19.2 Å². The number of nitrogens with zero attached hydrogens (tertiary/aromatic N) is 1. The number of methoxy groups -OCH3 is 1. The summed E-state index contributed by atoms with van der Waals surface area (Å²) in [5, 5.41) is 0.498. The van der Waals surface area contributed by atoms with E-state index >= 15 is 0 Å². The molecule has 6 heteroatoms. The molecule has 0 aliphatic heterocycles. The van der Waals surface area contributed by atoms with Gasteiger partial charge in [-0.15, -0.1) is 0 Å². The highest BCUT2D eigenvalue weighted by atomic mass is 79.9. The molecule has 1 aromatic heterocycles. The number of aromatic nitrogens is 1. The average Bonchev–Trinajstić information content (AvgIpc) is 2.37. The SMILES string of the molecule is COC(=O)c1cc(OC(C)C)c2cc(Br)cc(F)c2n1. The van der Waals surface area contributed by atoms with Crippen LogP contribution in [0.4, 0.5) is 4.39 Å². The molecule has 2 rings (SSSR count). The molecular formula is C14H13BrFNO3. The molecule has 0 saturated heterocycles. The fraction of sp³-hybridized carbons (Fsp3) is 0.286. The topological polar surface area (TPSA) is 48.4 Å². The third kappa shape index (κ3) is 2.90. The van der Waals surface area contributed by atoms with Crippen molar-refractivity contribution >= 4 is 32.8 Å². The van der Waals surface area contributed by atoms with Crippen molar-refractivity contribution < 1.29 is 18.7 Å². The van der Waals surface area contributed by atoms with Gasteiger partial charge in [0.05, 0.1) is 13.2 Å². The average molecular weight is 342 g/mol. The van der Waals surface area contributed by atoms with Crippen LogP contribution in [0.1, 0.15) is 24.3 Å². The third-order valence-electron chi connectivity index (χ3n) is 2.55. The van der Waals surface area contributed by atoms with Crippen molar-refractivity contribution in [1.82, 2.24) is 4.98 Å². The largest absolute Gasteiger partial charge is 0.490 e. The van der Waals surface area contributed by atoms with Crippen molar-refractivity contribution in [2.75, 3.05) is 7.11 Å². The summed E-state index contributed by atoms with van der Waals surface area (Å²) in [6.45, 7) is 3.69. The number of hydrogen-bond donors (Lipinski definition) is 0. The molecule has 0 bridgehead atoms. The van der Waals surface area contributed by atoms with Gasteiger partial charge in [0.2, 0.25) is 0 Å². The molecule has 2 aromatic rings. The van der Waals surface area contributed by atoms with E-state index in [9.17, 15) is 9.18 Å². The standard InChI is InChI=1S/C14H13BrFNO3/c1-7(2)20-12-6-11(14(18)19-3)17-13-9(12)4-8(15)5-10(13)16/h4-7H,1-3H3. The summed E-state index contributed by atoms with van der Waals surface area (Å²) < 4.78 is 24.8. The van der Waals surface area contributed by atoms with Crippen molar-refractivity contribution in [3.8, 4) is 5.75 Å². The van der Waals surface area contributed by atoms with Gasteiger partial charge in [0, 0.05) is 15.9 Å². The Morgan fingerprint density at radius 3 is 2.65 bits per heavy atom. The predicted octanol–water partition coefficient (Wildman–Crippen LogP) is 3.71. The molecule has 0 fully saturated rings. The van der Waals surface area contributed by atoms with Crippen molar-refractivity contribution in [2.24, 2.45) is 0 Å². The Labute approximate surface area is 124 Å². The van der Waals surface area contributed by atoms with E-state index in [1.807, 2.05) is 13.8 Å². The van der Waals surface area contributed by atoms with E-state index in [2.05, 4.69) is 25.7 Å². The number of hydrogen-bond acceptors (Lipinski definition) is 4. The second kappa shape index (κ2) is 5.75. The minimum atomic E-state index is -0.636. The number of fused-ring (bicyclic) bond motifs is 1. The molecule has 0 amide bonds. The number of pyridine rings is 1. The third-order valence-corrected chi connectivity index (χ3v) is 3.01. The zero-order valence-electron chi connectivity index (χ0n) is 11.2. The second-order valence-corrected chi connectivity index (χ2v) is 5.36. The van der Waals surface area contributed by atoms with Gasteiger partial charge < -0.3 is 9.47 Å².